The molecule has 1 aliphatic heterocycles. The molecular weight excluding hydrogens is 354 g/mol. The van der Waals surface area contributed by atoms with Gasteiger partial charge in [-0.1, -0.05) is 18.2 Å². The molecule has 3 rings (SSSR count). The van der Waals surface area contributed by atoms with Gasteiger partial charge in [0.05, 0.1) is 0 Å². The van der Waals surface area contributed by atoms with Crippen molar-refractivity contribution in [2.24, 2.45) is 0 Å². The Morgan fingerprint density at radius 2 is 1.50 bits per heavy atom. The summed E-state index contributed by atoms with van der Waals surface area (Å²) in [5, 5.41) is 5.69. The summed E-state index contributed by atoms with van der Waals surface area (Å²) in [6, 6.07) is 16.7. The van der Waals surface area contributed by atoms with Crippen LogP contribution < -0.4 is 15.4 Å². The first kappa shape index (κ1) is 19.9. The van der Waals surface area contributed by atoms with Gasteiger partial charge in [0.2, 0.25) is 11.8 Å². The van der Waals surface area contributed by atoms with Crippen molar-refractivity contribution in [2.75, 3.05) is 31.5 Å². The van der Waals surface area contributed by atoms with Crippen molar-refractivity contribution < 1.29 is 14.3 Å². The predicted octanol–water partition coefficient (Wildman–Crippen LogP) is 3.41. The van der Waals surface area contributed by atoms with Crippen molar-refractivity contribution in [3.05, 3.63) is 54.6 Å². The molecule has 28 heavy (non-hydrogen) atoms. The first-order chi connectivity index (χ1) is 13.7. The summed E-state index contributed by atoms with van der Waals surface area (Å²) in [7, 11) is 0. The van der Waals surface area contributed by atoms with Gasteiger partial charge < -0.3 is 20.3 Å². The Balaban J connectivity index is 1.34. The Bertz CT molecular complexity index is 756. The zero-order valence-electron chi connectivity index (χ0n) is 16.0. The normalized spacial score (nSPS) is 13.9. The highest BCUT2D eigenvalue weighted by Gasteiger charge is 2.12. The number of benzene rings is 2. The van der Waals surface area contributed by atoms with E-state index in [0.717, 1.165) is 25.4 Å². The lowest BCUT2D eigenvalue weighted by molar-refractivity contribution is -0.124. The molecule has 0 aliphatic carbocycles. The Labute approximate surface area is 165 Å². The molecule has 2 aromatic rings. The van der Waals surface area contributed by atoms with E-state index < -0.39 is 0 Å². The number of carbonyl (C=O) groups excluding carboxylic acids is 2. The van der Waals surface area contributed by atoms with Crippen LogP contribution in [-0.4, -0.2) is 42.9 Å². The van der Waals surface area contributed by atoms with Crippen LogP contribution in [0.4, 0.5) is 5.69 Å². The number of anilines is 1. The fourth-order valence-corrected chi connectivity index (χ4v) is 3.13. The van der Waals surface area contributed by atoms with E-state index in [1.807, 2.05) is 30.3 Å². The molecule has 0 unspecified atom stereocenters. The monoisotopic (exact) mass is 381 g/mol. The number of rotatable bonds is 9. The molecule has 1 aliphatic rings. The van der Waals surface area contributed by atoms with Gasteiger partial charge in [0, 0.05) is 31.6 Å². The molecule has 1 saturated heterocycles. The molecular formula is C22H27N3O3. The van der Waals surface area contributed by atoms with E-state index in [1.165, 1.54) is 12.8 Å². The summed E-state index contributed by atoms with van der Waals surface area (Å²) in [6.45, 7) is 3.76. The molecule has 6 heteroatoms. The highest BCUT2D eigenvalue weighted by atomic mass is 16.5. The van der Waals surface area contributed by atoms with E-state index in [4.69, 9.17) is 4.74 Å². The first-order valence-corrected chi connectivity index (χ1v) is 9.81. The molecule has 0 aromatic heterocycles. The third-order valence-electron chi connectivity index (χ3n) is 4.64. The van der Waals surface area contributed by atoms with Gasteiger partial charge in [-0.3, -0.25) is 9.59 Å². The second kappa shape index (κ2) is 10.5. The van der Waals surface area contributed by atoms with Crippen LogP contribution in [0.2, 0.25) is 0 Å². The molecule has 0 bridgehead atoms. The molecule has 6 nitrogen and oxygen atoms in total. The van der Waals surface area contributed by atoms with Crippen molar-refractivity contribution in [3.8, 4) is 11.5 Å². The number of hydrogen-bond acceptors (Lipinski definition) is 4. The van der Waals surface area contributed by atoms with Crippen LogP contribution >= 0.6 is 0 Å². The van der Waals surface area contributed by atoms with Crippen molar-refractivity contribution in [1.29, 1.82) is 0 Å². The Hall–Kier alpha value is -2.86. The van der Waals surface area contributed by atoms with Crippen LogP contribution in [-0.2, 0) is 9.59 Å². The quantitative estimate of drug-likeness (QED) is 0.698. The third kappa shape index (κ3) is 6.70. The molecule has 2 aromatic carbocycles. The maximum absolute atomic E-state index is 12.0. The average molecular weight is 381 g/mol. The van der Waals surface area contributed by atoms with Gasteiger partial charge in [0.15, 0.2) is 0 Å². The first-order valence-electron chi connectivity index (χ1n) is 9.81. The standard InChI is InChI=1S/C22H27N3O3/c26-21(23-14-17-25-15-4-5-16-25)12-13-22(27)24-18-8-10-20(11-9-18)28-19-6-2-1-3-7-19/h1-3,6-11H,4-5,12-17H2,(H,23,26)(H,24,27). The summed E-state index contributed by atoms with van der Waals surface area (Å²) in [5.74, 6) is 1.20. The Kier molecular flexibility index (Phi) is 7.44. The smallest absolute Gasteiger partial charge is 0.224 e. The summed E-state index contributed by atoms with van der Waals surface area (Å²) < 4.78 is 5.72. The summed E-state index contributed by atoms with van der Waals surface area (Å²) in [6.07, 6.45) is 2.85. The van der Waals surface area contributed by atoms with E-state index in [1.54, 1.807) is 24.3 Å². The summed E-state index contributed by atoms with van der Waals surface area (Å²) in [4.78, 5) is 26.3. The van der Waals surface area contributed by atoms with Gasteiger partial charge in [-0.05, 0) is 62.3 Å². The minimum Gasteiger partial charge on any atom is -0.457 e. The summed E-state index contributed by atoms with van der Waals surface area (Å²) >= 11 is 0. The van der Waals surface area contributed by atoms with Gasteiger partial charge in [-0.15, -0.1) is 0 Å². The SMILES string of the molecule is O=C(CCC(=O)Nc1ccc(Oc2ccccc2)cc1)NCCN1CCCC1. The van der Waals surface area contributed by atoms with Crippen LogP contribution in [0.5, 0.6) is 11.5 Å². The van der Waals surface area contributed by atoms with Gasteiger partial charge in [0.25, 0.3) is 0 Å². The number of hydrogen-bond donors (Lipinski definition) is 2. The second-order valence-corrected chi connectivity index (χ2v) is 6.89. The maximum Gasteiger partial charge on any atom is 0.224 e. The number of likely N-dealkylation sites (tertiary alicyclic amines) is 1. The minimum atomic E-state index is -0.175. The van der Waals surface area contributed by atoms with E-state index >= 15 is 0 Å². The highest BCUT2D eigenvalue weighted by molar-refractivity contribution is 5.93. The van der Waals surface area contributed by atoms with Gasteiger partial charge in [-0.25, -0.2) is 0 Å². The fraction of sp³-hybridized carbons (Fsp3) is 0.364. The summed E-state index contributed by atoms with van der Waals surface area (Å²) in [5.41, 5.74) is 0.680. The van der Waals surface area contributed by atoms with E-state index in [0.29, 0.717) is 18.0 Å². The number of para-hydroxylation sites is 1. The number of nitrogens with one attached hydrogen (secondary N) is 2. The maximum atomic E-state index is 12.0. The largest absolute Gasteiger partial charge is 0.457 e. The molecule has 0 spiro atoms. The van der Waals surface area contributed by atoms with Crippen LogP contribution in [0.1, 0.15) is 25.7 Å². The molecule has 2 amide bonds. The van der Waals surface area contributed by atoms with Crippen molar-refractivity contribution in [3.63, 3.8) is 0 Å². The lowest BCUT2D eigenvalue weighted by Gasteiger charge is -2.14. The molecule has 1 heterocycles. The molecule has 0 radical (unpaired) electrons. The topological polar surface area (TPSA) is 70.7 Å². The lowest BCUT2D eigenvalue weighted by Crippen LogP contribution is -2.33. The predicted molar refractivity (Wildman–Crippen MR) is 110 cm³/mol. The van der Waals surface area contributed by atoms with Gasteiger partial charge in [0.1, 0.15) is 11.5 Å². The van der Waals surface area contributed by atoms with Crippen molar-refractivity contribution in [2.45, 2.75) is 25.7 Å². The fourth-order valence-electron chi connectivity index (χ4n) is 3.13. The van der Waals surface area contributed by atoms with Crippen LogP contribution in [0, 0.1) is 0 Å². The average Bonchev–Trinajstić information content (AvgIpc) is 3.22. The molecule has 0 saturated carbocycles. The number of carbonyl (C=O) groups is 2. The molecule has 148 valence electrons. The van der Waals surface area contributed by atoms with Crippen LogP contribution in [0.15, 0.2) is 54.6 Å². The van der Waals surface area contributed by atoms with Crippen LogP contribution in [0.25, 0.3) is 0 Å². The number of amides is 2. The van der Waals surface area contributed by atoms with E-state index in [-0.39, 0.29) is 24.7 Å². The zero-order chi connectivity index (χ0) is 19.6. The number of nitrogens with zero attached hydrogens (tertiary/aromatic N) is 1. The zero-order valence-corrected chi connectivity index (χ0v) is 16.0. The molecule has 2 N–H and O–H groups in total. The lowest BCUT2D eigenvalue weighted by atomic mass is 10.2. The molecule has 0 atom stereocenters. The molecule has 1 fully saturated rings. The second-order valence-electron chi connectivity index (χ2n) is 6.89. The Morgan fingerprint density at radius 1 is 0.857 bits per heavy atom. The van der Waals surface area contributed by atoms with Crippen molar-refractivity contribution >= 4 is 17.5 Å². The third-order valence-corrected chi connectivity index (χ3v) is 4.64. The van der Waals surface area contributed by atoms with Crippen LogP contribution in [0.3, 0.4) is 0 Å². The van der Waals surface area contributed by atoms with E-state index in [9.17, 15) is 9.59 Å². The Morgan fingerprint density at radius 3 is 2.21 bits per heavy atom. The highest BCUT2D eigenvalue weighted by Crippen LogP contribution is 2.22. The van der Waals surface area contributed by atoms with Gasteiger partial charge in [-0.2, -0.15) is 0 Å². The van der Waals surface area contributed by atoms with Crippen molar-refractivity contribution in [1.82, 2.24) is 10.2 Å². The van der Waals surface area contributed by atoms with E-state index in [2.05, 4.69) is 15.5 Å². The minimum absolute atomic E-state index is 0.0824. The van der Waals surface area contributed by atoms with Gasteiger partial charge >= 0.3 is 0 Å². The number of ether oxygens (including phenoxy) is 1.